The number of ether oxygens (including phenoxy) is 6. The van der Waals surface area contributed by atoms with Gasteiger partial charge in [0, 0.05) is 109 Å². The lowest BCUT2D eigenvalue weighted by atomic mass is 10.1. The number of hydrogen-bond donors (Lipinski definition) is 6. The van der Waals surface area contributed by atoms with E-state index in [0.29, 0.717) is 70.5 Å². The van der Waals surface area contributed by atoms with E-state index in [2.05, 4.69) is 35.6 Å². The monoisotopic (exact) mass is 1410 g/mol. The average Bonchev–Trinajstić information content (AvgIpc) is 1.96. The molecule has 8 heterocycles. The van der Waals surface area contributed by atoms with Gasteiger partial charge in [-0.3, -0.25) is 18.8 Å². The Hall–Kier alpha value is -7.66. The molecule has 0 aliphatic carbocycles. The summed E-state index contributed by atoms with van der Waals surface area (Å²) in [6, 6.07) is 12.7. The number of carbonyl (C=O) groups is 1. The van der Waals surface area contributed by atoms with Gasteiger partial charge in [-0.2, -0.15) is 15.3 Å². The Labute approximate surface area is 567 Å². The molecule has 2 aliphatic rings. The molecule has 2 saturated heterocycles. The van der Waals surface area contributed by atoms with Crippen molar-refractivity contribution in [2.24, 2.45) is 0 Å². The molecule has 9 N–H and O–H groups in total. The number of methoxy groups -OCH3 is 1. The molecular formula is C63H64Cl6F3N13O9. The van der Waals surface area contributed by atoms with E-state index in [1.54, 1.807) is 91.7 Å². The van der Waals surface area contributed by atoms with Crippen molar-refractivity contribution in [3.05, 3.63) is 175 Å². The quantitative estimate of drug-likeness (QED) is 0.0324. The molecule has 9 aromatic rings. The second kappa shape index (κ2) is 30.8. The number of aliphatic hydroxyl groups is 2. The second-order valence-corrected chi connectivity index (χ2v) is 24.5. The van der Waals surface area contributed by atoms with Crippen LogP contribution >= 0.6 is 69.6 Å². The highest BCUT2D eigenvalue weighted by molar-refractivity contribution is 6.37. The summed E-state index contributed by atoms with van der Waals surface area (Å²) in [5.74, 6) is -1.23. The molecule has 94 heavy (non-hydrogen) atoms. The SMILES string of the molecule is CC(Oc1cc(-c2cnn(C[C@H](O)CO)c2)cnc1N)c1c(Cl)ccc(F)c1Cl.CC(Oc1cc(-c2cnn(C[C@H]3COC(C)(C)O3)c2)cnc1N)c1c(Cl)ccc(F)c1Cl.COC(=O)C1CC(n2cc(-c3cnc(N)c(OC(C)c4c(Cl)ccc(F)c4Cl)c3)cn2)CN1. The van der Waals surface area contributed by atoms with E-state index in [0.717, 1.165) is 22.3 Å². The molecule has 3 aromatic carbocycles. The maximum Gasteiger partial charge on any atom is 0.322 e. The molecule has 498 valence electrons. The molecule has 11 rings (SSSR count). The molecule has 22 nitrogen and oxygen atoms in total. The zero-order valence-corrected chi connectivity index (χ0v) is 55.6. The van der Waals surface area contributed by atoms with E-state index in [-0.39, 0.29) is 85.6 Å². The van der Waals surface area contributed by atoms with Crippen molar-refractivity contribution in [2.45, 2.75) is 103 Å². The largest absolute Gasteiger partial charge is 0.482 e. The van der Waals surface area contributed by atoms with Crippen molar-refractivity contribution < 1.29 is 56.6 Å². The van der Waals surface area contributed by atoms with Gasteiger partial charge in [0.05, 0.1) is 79.2 Å². The minimum Gasteiger partial charge on any atom is -0.482 e. The van der Waals surface area contributed by atoms with Crippen LogP contribution in [0.3, 0.4) is 0 Å². The van der Waals surface area contributed by atoms with Crippen molar-refractivity contribution in [1.82, 2.24) is 49.6 Å². The summed E-state index contributed by atoms with van der Waals surface area (Å²) in [5.41, 5.74) is 23.4. The van der Waals surface area contributed by atoms with Gasteiger partial charge >= 0.3 is 5.97 Å². The summed E-state index contributed by atoms with van der Waals surface area (Å²) in [4.78, 5) is 24.3. The number of aliphatic hydroxyl groups excluding tert-OH is 2. The molecule has 0 bridgehead atoms. The fraction of sp³-hybridized carbons (Fsp3) is 0.317. The highest BCUT2D eigenvalue weighted by Gasteiger charge is 2.34. The summed E-state index contributed by atoms with van der Waals surface area (Å²) >= 11 is 36.8. The summed E-state index contributed by atoms with van der Waals surface area (Å²) in [7, 11) is 1.37. The van der Waals surface area contributed by atoms with Gasteiger partial charge in [-0.25, -0.2) is 28.1 Å². The maximum atomic E-state index is 13.9. The van der Waals surface area contributed by atoms with Crippen LogP contribution < -0.4 is 36.7 Å². The topological polar surface area (TPSA) is 295 Å². The van der Waals surface area contributed by atoms with Gasteiger partial charge in [0.25, 0.3) is 0 Å². The van der Waals surface area contributed by atoms with Gasteiger partial charge in [0.15, 0.2) is 40.5 Å². The fourth-order valence-corrected chi connectivity index (χ4v) is 12.1. The number of hydrogen-bond acceptors (Lipinski definition) is 19. The van der Waals surface area contributed by atoms with Gasteiger partial charge in [-0.1, -0.05) is 69.6 Å². The summed E-state index contributed by atoms with van der Waals surface area (Å²) in [6.07, 6.45) is 12.8. The number of anilines is 3. The van der Waals surface area contributed by atoms with Gasteiger partial charge < -0.3 is 61.2 Å². The minimum absolute atomic E-state index is 0.0117. The first-order valence-electron chi connectivity index (χ1n) is 28.9. The lowest BCUT2D eigenvalue weighted by Gasteiger charge is -2.19. The van der Waals surface area contributed by atoms with Crippen molar-refractivity contribution in [2.75, 3.05) is 44.1 Å². The number of nitrogen functional groups attached to an aromatic ring is 3. The fourth-order valence-electron chi connectivity index (χ4n) is 10.1. The summed E-state index contributed by atoms with van der Waals surface area (Å²) in [5, 5.41) is 35.2. The van der Waals surface area contributed by atoms with Gasteiger partial charge in [-0.15, -0.1) is 0 Å². The Bertz CT molecular complexity index is 4170. The van der Waals surface area contributed by atoms with Crippen LogP contribution in [-0.4, -0.2) is 111 Å². The number of benzene rings is 3. The first kappa shape index (κ1) is 70.7. The third kappa shape index (κ3) is 17.1. The predicted octanol–water partition coefficient (Wildman–Crippen LogP) is 12.9. The van der Waals surface area contributed by atoms with E-state index in [9.17, 15) is 23.1 Å². The summed E-state index contributed by atoms with van der Waals surface area (Å²) < 4.78 is 80.8. The van der Waals surface area contributed by atoms with E-state index < -0.39 is 47.7 Å². The Balaban J connectivity index is 0.000000166. The molecule has 5 unspecified atom stereocenters. The Kier molecular flexibility index (Phi) is 23.2. The smallest absolute Gasteiger partial charge is 0.322 e. The highest BCUT2D eigenvalue weighted by atomic mass is 35.5. The van der Waals surface area contributed by atoms with Crippen molar-refractivity contribution in [3.63, 3.8) is 0 Å². The number of nitrogens with one attached hydrogen (secondary N) is 1. The molecular weight excluding hydrogens is 1350 g/mol. The number of aromatic nitrogens is 9. The van der Waals surface area contributed by atoms with Gasteiger partial charge in [0.1, 0.15) is 47.9 Å². The van der Waals surface area contributed by atoms with Crippen LogP contribution in [0, 0.1) is 17.5 Å². The third-order valence-electron chi connectivity index (χ3n) is 14.9. The number of halogens is 9. The van der Waals surface area contributed by atoms with Crippen LogP contribution in [0.4, 0.5) is 30.6 Å². The zero-order valence-electron chi connectivity index (χ0n) is 51.1. The summed E-state index contributed by atoms with van der Waals surface area (Å²) in [6.45, 7) is 10.3. The standard InChI is InChI=1S/C22H22Cl2FN5O3.C22H23Cl2FN4O3.C19H19Cl2FN4O3/c1-11(19-15(23)3-4-16(25)20(19)24)33-18-5-12(7-28-21(18)26)13-8-29-30(10-13)14-6-17(27-9-14)22(31)32-2;1-12(19-16(23)4-5-17(25)20(19)24)31-18-6-13(7-27-21(18)26)14-8-28-29(9-14)10-15-11-30-22(2,3)32-15;1-10(17-14(20)2-3-15(22)18(17)21)29-16-4-11(5-24-19(16)23)12-6-25-26(7-12)8-13(28)9-27/h3-5,7-8,10-11,14,17,27H,6,9H2,1-2H3,(H2,26,28);4-9,12,15H,10-11H2,1-3H3,(H2,26,27);2-7,10,13,27-28H,8-9H2,1H3,(H2,23,24)/t;12?,15-;10?,13-/m.00/s1. The molecule has 6 aromatic heterocycles. The first-order chi connectivity index (χ1) is 44.7. The predicted molar refractivity (Wildman–Crippen MR) is 351 cm³/mol. The zero-order chi connectivity index (χ0) is 67.9. The van der Waals surface area contributed by atoms with E-state index in [1.807, 2.05) is 26.2 Å². The van der Waals surface area contributed by atoms with Crippen molar-refractivity contribution in [3.8, 4) is 50.6 Å². The number of rotatable bonds is 19. The number of esters is 1. The van der Waals surface area contributed by atoms with Crippen LogP contribution in [0.15, 0.2) is 110 Å². The molecule has 0 saturated carbocycles. The van der Waals surface area contributed by atoms with Gasteiger partial charge in [0.2, 0.25) is 0 Å². The highest BCUT2D eigenvalue weighted by Crippen LogP contribution is 2.41. The second-order valence-electron chi connectivity index (χ2n) is 22.1. The van der Waals surface area contributed by atoms with Crippen LogP contribution in [0.1, 0.15) is 82.1 Å². The van der Waals surface area contributed by atoms with E-state index in [4.69, 9.17) is 120 Å². The molecule has 2 fully saturated rings. The Morgan fingerprint density at radius 3 is 1.48 bits per heavy atom. The van der Waals surface area contributed by atoms with Crippen molar-refractivity contribution in [1.29, 1.82) is 0 Å². The van der Waals surface area contributed by atoms with E-state index in [1.165, 1.54) is 48.2 Å². The van der Waals surface area contributed by atoms with Crippen LogP contribution in [0.2, 0.25) is 30.1 Å². The molecule has 0 radical (unpaired) electrons. The number of nitrogens with two attached hydrogens (primary N) is 3. The van der Waals surface area contributed by atoms with E-state index >= 15 is 0 Å². The Morgan fingerprint density at radius 2 is 1.06 bits per heavy atom. The maximum absolute atomic E-state index is 13.9. The molecule has 0 amide bonds. The average molecular weight is 1420 g/mol. The number of nitrogens with zero attached hydrogens (tertiary/aromatic N) is 9. The molecule has 31 heteroatoms. The number of carbonyl (C=O) groups excluding carboxylic acids is 1. The van der Waals surface area contributed by atoms with Crippen molar-refractivity contribution >= 4 is 93.0 Å². The minimum atomic E-state index is -0.909. The Morgan fingerprint density at radius 1 is 0.649 bits per heavy atom. The normalized spacial score (nSPS) is 17.1. The van der Waals surface area contributed by atoms with Gasteiger partial charge in [-0.05, 0) is 95.6 Å². The number of pyridine rings is 3. The van der Waals surface area contributed by atoms with Crippen LogP contribution in [0.25, 0.3) is 33.4 Å². The van der Waals surface area contributed by atoms with Crippen LogP contribution in [0.5, 0.6) is 17.2 Å². The lowest BCUT2D eigenvalue weighted by molar-refractivity contribution is -0.142. The first-order valence-corrected chi connectivity index (χ1v) is 31.2. The molecule has 0 spiro atoms. The molecule has 2 aliphatic heterocycles. The lowest BCUT2D eigenvalue weighted by Crippen LogP contribution is -2.31. The van der Waals surface area contributed by atoms with Crippen LogP contribution in [-0.2, 0) is 32.1 Å². The molecule has 7 atom stereocenters. The third-order valence-corrected chi connectivity index (χ3v) is 17.1.